The Morgan fingerprint density at radius 1 is 0.886 bits per heavy atom. The minimum absolute atomic E-state index is 0.0750. The zero-order chi connectivity index (χ0) is 31.4. The molecule has 0 spiro atoms. The maximum absolute atomic E-state index is 13.9. The molecule has 44 heavy (non-hydrogen) atoms. The van der Waals surface area contributed by atoms with E-state index in [2.05, 4.69) is 4.98 Å². The van der Waals surface area contributed by atoms with Crippen LogP contribution < -0.4 is 9.47 Å². The molecule has 1 N–H and O–H groups in total. The molecule has 5 aromatic rings. The second kappa shape index (κ2) is 10.7. The second-order valence-electron chi connectivity index (χ2n) is 10.2. The molecule has 0 fully saturated rings. The average molecular weight is 615 g/mol. The van der Waals surface area contributed by atoms with Crippen molar-refractivity contribution in [1.82, 2.24) is 9.88 Å². The highest BCUT2D eigenvalue weighted by atomic mass is 19.4. The van der Waals surface area contributed by atoms with E-state index in [0.717, 1.165) is 36.3 Å². The minimum Gasteiger partial charge on any atom is -0.497 e. The van der Waals surface area contributed by atoms with E-state index < -0.39 is 41.2 Å². The zero-order valence-electron chi connectivity index (χ0n) is 23.3. The molecule has 1 amide bonds. The Kier molecular flexibility index (Phi) is 7.10. The zero-order valence-corrected chi connectivity index (χ0v) is 23.3. The van der Waals surface area contributed by atoms with Crippen LogP contribution in [-0.4, -0.2) is 36.6 Å². The molecular weight excluding hydrogens is 590 g/mol. The number of amides is 1. The molecule has 0 aliphatic carbocycles. The molecule has 1 aliphatic rings. The van der Waals surface area contributed by atoms with Crippen LogP contribution >= 0.6 is 0 Å². The lowest BCUT2D eigenvalue weighted by Gasteiger charge is -2.35. The third-order valence-corrected chi connectivity index (χ3v) is 7.74. The van der Waals surface area contributed by atoms with Crippen molar-refractivity contribution in [3.05, 3.63) is 107 Å². The largest absolute Gasteiger partial charge is 0.497 e. The van der Waals surface area contributed by atoms with E-state index in [9.17, 15) is 31.1 Å². The van der Waals surface area contributed by atoms with Crippen LogP contribution in [0.2, 0.25) is 0 Å². The number of hydrogen-bond donors (Lipinski definition) is 1. The van der Waals surface area contributed by atoms with Crippen LogP contribution in [-0.2, 0) is 18.8 Å². The summed E-state index contributed by atoms with van der Waals surface area (Å²) in [6.45, 7) is 0.0865. The molecule has 0 bridgehead atoms. The first kappa shape index (κ1) is 29.2. The standard InChI is InChI=1S/C32H24F6N2O4/c1-42-18-8-9-24-21(16-18)19-13-14-40(30(41)17-7-10-26(43-2)23(15-17)32(36,37)38)29(28(19)39-24)27-12-11-25(44-27)20-5-3-4-6-22(20)31(33,34)35/h3-12,15-16,29,39H,13-14H2,1-2H3. The van der Waals surface area contributed by atoms with E-state index in [-0.39, 0.29) is 29.2 Å². The van der Waals surface area contributed by atoms with Gasteiger partial charge in [-0.3, -0.25) is 4.79 Å². The Morgan fingerprint density at radius 3 is 2.34 bits per heavy atom. The maximum atomic E-state index is 13.9. The number of nitrogens with zero attached hydrogens (tertiary/aromatic N) is 1. The number of furan rings is 1. The number of H-pyrrole nitrogens is 1. The number of nitrogens with one attached hydrogen (secondary N) is 1. The van der Waals surface area contributed by atoms with Gasteiger partial charge in [0.05, 0.1) is 31.0 Å². The fourth-order valence-corrected chi connectivity index (χ4v) is 5.73. The predicted octanol–water partition coefficient (Wildman–Crippen LogP) is 8.27. The SMILES string of the molecule is COc1ccc2[nH]c3c(c2c1)CCN(C(=O)c1ccc(OC)c(C(F)(F)F)c1)C3c1ccc(-c2ccccc2C(F)(F)F)o1. The van der Waals surface area contributed by atoms with Crippen LogP contribution in [0.3, 0.4) is 0 Å². The Labute approximate surface area is 246 Å². The molecule has 3 heterocycles. The molecule has 0 saturated heterocycles. The molecule has 0 radical (unpaired) electrons. The van der Waals surface area contributed by atoms with Crippen molar-refractivity contribution in [3.63, 3.8) is 0 Å². The molecule has 0 saturated carbocycles. The number of methoxy groups -OCH3 is 2. The summed E-state index contributed by atoms with van der Waals surface area (Å²) >= 11 is 0. The molecule has 228 valence electrons. The fourth-order valence-electron chi connectivity index (χ4n) is 5.73. The van der Waals surface area contributed by atoms with Crippen molar-refractivity contribution < 1.29 is 45.0 Å². The summed E-state index contributed by atoms with van der Waals surface area (Å²) in [6, 6.07) is 15.2. The van der Waals surface area contributed by atoms with Crippen molar-refractivity contribution in [2.24, 2.45) is 0 Å². The second-order valence-corrected chi connectivity index (χ2v) is 10.2. The Morgan fingerprint density at radius 2 is 1.64 bits per heavy atom. The third kappa shape index (κ3) is 5.03. The van der Waals surface area contributed by atoms with Gasteiger partial charge in [-0.2, -0.15) is 26.3 Å². The lowest BCUT2D eigenvalue weighted by atomic mass is 9.94. The van der Waals surface area contributed by atoms with Gasteiger partial charge in [-0.15, -0.1) is 0 Å². The van der Waals surface area contributed by atoms with Gasteiger partial charge in [-0.1, -0.05) is 18.2 Å². The first-order valence-corrected chi connectivity index (χ1v) is 13.4. The summed E-state index contributed by atoms with van der Waals surface area (Å²) in [4.78, 5) is 18.6. The van der Waals surface area contributed by atoms with E-state index in [1.165, 1.54) is 48.4 Å². The number of aromatic amines is 1. The van der Waals surface area contributed by atoms with Gasteiger partial charge in [-0.25, -0.2) is 0 Å². The quantitative estimate of drug-likeness (QED) is 0.203. The van der Waals surface area contributed by atoms with Crippen LogP contribution in [0.25, 0.3) is 22.2 Å². The lowest BCUT2D eigenvalue weighted by Crippen LogP contribution is -2.40. The lowest BCUT2D eigenvalue weighted by molar-refractivity contribution is -0.139. The van der Waals surface area contributed by atoms with Gasteiger partial charge < -0.3 is 23.8 Å². The molecule has 1 unspecified atom stereocenters. The van der Waals surface area contributed by atoms with Crippen molar-refractivity contribution in [3.8, 4) is 22.8 Å². The van der Waals surface area contributed by atoms with Crippen LogP contribution in [0, 0.1) is 0 Å². The summed E-state index contributed by atoms with van der Waals surface area (Å²) in [5, 5.41) is 0.814. The van der Waals surface area contributed by atoms with Crippen molar-refractivity contribution in [2.45, 2.75) is 24.8 Å². The summed E-state index contributed by atoms with van der Waals surface area (Å²) in [7, 11) is 2.63. The number of benzene rings is 3. The van der Waals surface area contributed by atoms with E-state index in [1.54, 1.807) is 12.1 Å². The third-order valence-electron chi connectivity index (χ3n) is 7.74. The average Bonchev–Trinajstić information content (AvgIpc) is 3.64. The first-order chi connectivity index (χ1) is 20.9. The van der Waals surface area contributed by atoms with Gasteiger partial charge in [-0.05, 0) is 66.6 Å². The molecule has 2 aromatic heterocycles. The highest BCUT2D eigenvalue weighted by Crippen LogP contribution is 2.44. The number of carbonyl (C=O) groups excluding carboxylic acids is 1. The molecule has 6 nitrogen and oxygen atoms in total. The van der Waals surface area contributed by atoms with Crippen LogP contribution in [0.1, 0.15) is 44.5 Å². The summed E-state index contributed by atoms with van der Waals surface area (Å²) in [5.74, 6) is -0.506. The predicted molar refractivity (Wildman–Crippen MR) is 149 cm³/mol. The molecule has 1 atom stereocenters. The minimum atomic E-state index is -4.78. The molecule has 1 aliphatic heterocycles. The Hall–Kier alpha value is -4.87. The van der Waals surface area contributed by atoms with Crippen LogP contribution in [0.15, 0.2) is 77.2 Å². The number of hydrogen-bond acceptors (Lipinski definition) is 4. The smallest absolute Gasteiger partial charge is 0.419 e. The topological polar surface area (TPSA) is 67.7 Å². The van der Waals surface area contributed by atoms with E-state index in [4.69, 9.17) is 13.9 Å². The maximum Gasteiger partial charge on any atom is 0.419 e. The fraction of sp³-hybridized carbons (Fsp3) is 0.219. The van der Waals surface area contributed by atoms with Crippen molar-refractivity contribution >= 4 is 16.8 Å². The number of carbonyl (C=O) groups is 1. The number of fused-ring (bicyclic) bond motifs is 3. The van der Waals surface area contributed by atoms with E-state index >= 15 is 0 Å². The number of ether oxygens (including phenoxy) is 2. The van der Waals surface area contributed by atoms with Gasteiger partial charge in [0.15, 0.2) is 0 Å². The first-order valence-electron chi connectivity index (χ1n) is 13.4. The summed E-state index contributed by atoms with van der Waals surface area (Å²) in [6.07, 6.45) is -9.09. The normalized spacial score (nSPS) is 15.4. The van der Waals surface area contributed by atoms with Gasteiger partial charge in [0.1, 0.15) is 29.1 Å². The Bertz CT molecular complexity index is 1870. The highest BCUT2D eigenvalue weighted by Gasteiger charge is 2.40. The van der Waals surface area contributed by atoms with Gasteiger partial charge in [0, 0.05) is 28.6 Å². The highest BCUT2D eigenvalue weighted by molar-refractivity contribution is 5.96. The molecule has 3 aromatic carbocycles. The Balaban J connectivity index is 1.49. The van der Waals surface area contributed by atoms with Gasteiger partial charge in [0.2, 0.25) is 0 Å². The van der Waals surface area contributed by atoms with Crippen LogP contribution in [0.5, 0.6) is 11.5 Å². The van der Waals surface area contributed by atoms with Gasteiger partial charge in [0.25, 0.3) is 5.91 Å². The molecule has 12 heteroatoms. The van der Waals surface area contributed by atoms with Crippen molar-refractivity contribution in [1.29, 1.82) is 0 Å². The number of alkyl halides is 6. The summed E-state index contributed by atoms with van der Waals surface area (Å²) in [5.41, 5.74) is -0.358. The number of halogens is 6. The van der Waals surface area contributed by atoms with Gasteiger partial charge >= 0.3 is 12.4 Å². The van der Waals surface area contributed by atoms with E-state index in [1.807, 2.05) is 6.07 Å². The number of aromatic nitrogens is 1. The van der Waals surface area contributed by atoms with E-state index in [0.29, 0.717) is 23.4 Å². The monoisotopic (exact) mass is 614 g/mol. The molecule has 6 rings (SSSR count). The van der Waals surface area contributed by atoms with Crippen molar-refractivity contribution in [2.75, 3.05) is 20.8 Å². The number of rotatable bonds is 5. The molecular formula is C32H24F6N2O4. The summed E-state index contributed by atoms with van der Waals surface area (Å²) < 4.78 is 99.1. The van der Waals surface area contributed by atoms with Crippen LogP contribution in [0.4, 0.5) is 26.3 Å².